The molecule has 0 amide bonds. The van der Waals surface area contributed by atoms with Crippen LogP contribution in [-0.2, 0) is 16.8 Å². The van der Waals surface area contributed by atoms with E-state index in [2.05, 4.69) is 45.1 Å². The lowest BCUT2D eigenvalue weighted by atomic mass is 10.0. The van der Waals surface area contributed by atoms with Crippen LogP contribution >= 0.6 is 15.9 Å². The Morgan fingerprint density at radius 3 is 2.27 bits per heavy atom. The number of hydrogen-bond donors (Lipinski definition) is 0. The van der Waals surface area contributed by atoms with E-state index < -0.39 is 10.2 Å². The fourth-order valence-electron chi connectivity index (χ4n) is 3.84. The number of likely N-dealkylation sites (tertiary alicyclic amines) is 1. The smallest absolute Gasteiger partial charge is 0.299 e. The molecule has 0 unspecified atom stereocenters. The summed E-state index contributed by atoms with van der Waals surface area (Å²) in [6, 6.07) is 16.0. The van der Waals surface area contributed by atoms with Crippen molar-refractivity contribution in [2.75, 3.05) is 28.7 Å². The van der Waals surface area contributed by atoms with Gasteiger partial charge in [0.1, 0.15) is 0 Å². The van der Waals surface area contributed by atoms with Gasteiger partial charge in [0, 0.05) is 37.2 Å². The van der Waals surface area contributed by atoms with Crippen LogP contribution in [0.1, 0.15) is 18.4 Å². The van der Waals surface area contributed by atoms with Crippen LogP contribution < -0.4 is 8.61 Å². The first-order valence-electron chi connectivity index (χ1n) is 8.81. The highest BCUT2D eigenvalue weighted by molar-refractivity contribution is 9.10. The van der Waals surface area contributed by atoms with Gasteiger partial charge in [0.25, 0.3) is 0 Å². The summed E-state index contributed by atoms with van der Waals surface area (Å²) >= 11 is 3.46. The van der Waals surface area contributed by atoms with Gasteiger partial charge in [0.15, 0.2) is 0 Å². The molecule has 0 aliphatic carbocycles. The Balaban J connectivity index is 1.47. The number of halogens is 1. The average molecular weight is 436 g/mol. The molecule has 0 radical (unpaired) electrons. The van der Waals surface area contributed by atoms with Crippen molar-refractivity contribution in [3.63, 3.8) is 0 Å². The van der Waals surface area contributed by atoms with Crippen LogP contribution in [0.3, 0.4) is 0 Å². The van der Waals surface area contributed by atoms with Crippen molar-refractivity contribution >= 4 is 37.5 Å². The van der Waals surface area contributed by atoms with E-state index in [4.69, 9.17) is 0 Å². The Bertz CT molecular complexity index is 893. The van der Waals surface area contributed by atoms with E-state index in [0.29, 0.717) is 0 Å². The highest BCUT2D eigenvalue weighted by Gasteiger charge is 2.42. The monoisotopic (exact) mass is 435 g/mol. The lowest BCUT2D eigenvalue weighted by molar-refractivity contribution is 0.207. The molecule has 0 aromatic heterocycles. The second-order valence-corrected chi connectivity index (χ2v) is 9.65. The zero-order valence-corrected chi connectivity index (χ0v) is 17.1. The summed E-state index contributed by atoms with van der Waals surface area (Å²) in [6.07, 6.45) is 1.69. The zero-order valence-electron chi connectivity index (χ0n) is 14.7. The Labute approximate surface area is 163 Å². The highest BCUT2D eigenvalue weighted by Crippen LogP contribution is 2.42. The molecule has 0 spiro atoms. The molecule has 2 aromatic carbocycles. The van der Waals surface area contributed by atoms with Crippen molar-refractivity contribution in [2.24, 2.45) is 0 Å². The maximum Gasteiger partial charge on any atom is 0.326 e. The standard InChI is InChI=1S/C19H22BrN3O2S/c1-21-18-4-2-3-5-19(18)23(26(21,24)25)17-10-12-22(13-11-17)14-15-6-8-16(20)9-7-15/h2-9,17H,10-14H2,1H3. The van der Waals surface area contributed by atoms with Crippen LogP contribution in [0, 0.1) is 0 Å². The summed E-state index contributed by atoms with van der Waals surface area (Å²) in [7, 11) is -1.83. The summed E-state index contributed by atoms with van der Waals surface area (Å²) < 4.78 is 29.9. The molecule has 0 bridgehead atoms. The fraction of sp³-hybridized carbons (Fsp3) is 0.368. The molecule has 1 saturated heterocycles. The number of anilines is 2. The summed E-state index contributed by atoms with van der Waals surface area (Å²) in [5.41, 5.74) is 2.86. The van der Waals surface area contributed by atoms with E-state index in [1.54, 1.807) is 11.4 Å². The van der Waals surface area contributed by atoms with Gasteiger partial charge in [-0.1, -0.05) is 40.2 Å². The Hall–Kier alpha value is -1.57. The Kier molecular flexibility index (Phi) is 4.71. The van der Waals surface area contributed by atoms with Gasteiger partial charge < -0.3 is 0 Å². The molecule has 2 heterocycles. The molecule has 7 heteroatoms. The van der Waals surface area contributed by atoms with Crippen LogP contribution in [0.2, 0.25) is 0 Å². The second-order valence-electron chi connectivity index (χ2n) is 6.89. The minimum atomic E-state index is -3.46. The van der Waals surface area contributed by atoms with Gasteiger partial charge >= 0.3 is 10.2 Å². The fourth-order valence-corrected chi connectivity index (χ4v) is 5.76. The third kappa shape index (κ3) is 3.12. The zero-order chi connectivity index (χ0) is 18.3. The molecule has 1 fully saturated rings. The van der Waals surface area contributed by atoms with E-state index in [1.807, 2.05) is 24.3 Å². The highest BCUT2D eigenvalue weighted by atomic mass is 79.9. The van der Waals surface area contributed by atoms with Gasteiger partial charge in [0.2, 0.25) is 0 Å². The van der Waals surface area contributed by atoms with Crippen LogP contribution in [0.4, 0.5) is 11.4 Å². The second kappa shape index (κ2) is 6.87. The third-order valence-corrected chi connectivity index (χ3v) is 7.67. The topological polar surface area (TPSA) is 43.9 Å². The van der Waals surface area contributed by atoms with Crippen molar-refractivity contribution in [3.8, 4) is 0 Å². The molecule has 4 rings (SSSR count). The quantitative estimate of drug-likeness (QED) is 0.739. The van der Waals surface area contributed by atoms with Gasteiger partial charge in [0.05, 0.1) is 11.4 Å². The number of fused-ring (bicyclic) bond motifs is 1. The summed E-state index contributed by atoms with van der Waals surface area (Å²) in [5.74, 6) is 0. The van der Waals surface area contributed by atoms with E-state index in [-0.39, 0.29) is 6.04 Å². The van der Waals surface area contributed by atoms with Gasteiger partial charge in [-0.15, -0.1) is 0 Å². The summed E-state index contributed by atoms with van der Waals surface area (Å²) in [4.78, 5) is 2.40. The normalized spacial score (nSPS) is 20.4. The number of nitrogens with zero attached hydrogens (tertiary/aromatic N) is 3. The Morgan fingerprint density at radius 1 is 1.00 bits per heavy atom. The lowest BCUT2D eigenvalue weighted by Crippen LogP contribution is -2.48. The molecule has 2 aliphatic rings. The van der Waals surface area contributed by atoms with Crippen LogP contribution in [0.15, 0.2) is 53.0 Å². The maximum atomic E-state index is 12.9. The summed E-state index contributed by atoms with van der Waals surface area (Å²) in [5, 5.41) is 0. The number of benzene rings is 2. The van der Waals surface area contributed by atoms with Crippen molar-refractivity contribution in [2.45, 2.75) is 25.4 Å². The van der Waals surface area contributed by atoms with E-state index in [1.165, 1.54) is 9.87 Å². The molecule has 0 saturated carbocycles. The first kappa shape index (κ1) is 17.8. The molecule has 2 aromatic rings. The number of para-hydroxylation sites is 2. The molecular formula is C19H22BrN3O2S. The SMILES string of the molecule is CN1c2ccccc2N(C2CCN(Cc3ccc(Br)cc3)CC2)S1(=O)=O. The first-order chi connectivity index (χ1) is 12.5. The number of hydrogen-bond acceptors (Lipinski definition) is 3. The molecule has 0 atom stereocenters. The van der Waals surface area contributed by atoms with Gasteiger partial charge in [-0.2, -0.15) is 8.42 Å². The van der Waals surface area contributed by atoms with Gasteiger partial charge in [-0.3, -0.25) is 9.21 Å². The van der Waals surface area contributed by atoms with Crippen LogP contribution in [0.25, 0.3) is 0 Å². The molecule has 0 N–H and O–H groups in total. The molecule has 5 nitrogen and oxygen atoms in total. The van der Waals surface area contributed by atoms with Crippen molar-refractivity contribution in [1.29, 1.82) is 0 Å². The van der Waals surface area contributed by atoms with Gasteiger partial charge in [-0.05, 0) is 42.7 Å². The van der Waals surface area contributed by atoms with E-state index in [9.17, 15) is 8.42 Å². The van der Waals surface area contributed by atoms with Crippen LogP contribution in [0.5, 0.6) is 0 Å². The van der Waals surface area contributed by atoms with E-state index in [0.717, 1.165) is 48.3 Å². The minimum absolute atomic E-state index is 0.0206. The largest absolute Gasteiger partial charge is 0.326 e. The van der Waals surface area contributed by atoms with Crippen molar-refractivity contribution in [1.82, 2.24) is 4.90 Å². The first-order valence-corrected chi connectivity index (χ1v) is 11.0. The minimum Gasteiger partial charge on any atom is -0.299 e. The van der Waals surface area contributed by atoms with Crippen molar-refractivity contribution in [3.05, 3.63) is 58.6 Å². The Morgan fingerprint density at radius 2 is 1.62 bits per heavy atom. The number of rotatable bonds is 3. The van der Waals surface area contributed by atoms with Gasteiger partial charge in [-0.25, -0.2) is 4.31 Å². The molecule has 2 aliphatic heterocycles. The predicted molar refractivity (Wildman–Crippen MR) is 109 cm³/mol. The third-order valence-electron chi connectivity index (χ3n) is 5.26. The lowest BCUT2D eigenvalue weighted by Gasteiger charge is -2.36. The maximum absolute atomic E-state index is 12.9. The van der Waals surface area contributed by atoms with E-state index >= 15 is 0 Å². The van der Waals surface area contributed by atoms with Crippen molar-refractivity contribution < 1.29 is 8.42 Å². The van der Waals surface area contributed by atoms with Crippen LogP contribution in [-0.4, -0.2) is 39.5 Å². The molecule has 26 heavy (non-hydrogen) atoms. The molecule has 138 valence electrons. The number of piperidine rings is 1. The summed E-state index contributed by atoms with van der Waals surface area (Å²) in [6.45, 7) is 2.71. The molecular weight excluding hydrogens is 414 g/mol. The predicted octanol–water partition coefficient (Wildman–Crippen LogP) is 3.61. The average Bonchev–Trinajstić information content (AvgIpc) is 2.84.